The second-order valence-electron chi connectivity index (χ2n) is 12.1. The number of hydrogen-bond acceptors (Lipinski definition) is 6. The van der Waals surface area contributed by atoms with Crippen molar-refractivity contribution >= 4 is 13.7 Å². The van der Waals surface area contributed by atoms with Crippen molar-refractivity contribution in [3.63, 3.8) is 0 Å². The number of hydrogen-bond donors (Lipinski definition) is 4. The fourth-order valence-electron chi connectivity index (χ4n) is 5.03. The number of allylic oxidation sites excluding steroid dienone is 6. The molecule has 9 heteroatoms. The highest BCUT2D eigenvalue weighted by Crippen LogP contribution is 2.43. The fraction of sp³-hybridized carbons (Fsp3) is 0.806. The van der Waals surface area contributed by atoms with E-state index in [0.717, 1.165) is 77.0 Å². The number of amides is 1. The Balaban J connectivity index is 4.31. The molecule has 0 aliphatic heterocycles. The summed E-state index contributed by atoms with van der Waals surface area (Å²) in [6.45, 7) is 4.05. The first-order valence-corrected chi connectivity index (χ1v) is 19.6. The molecule has 5 N–H and O–H groups in total. The van der Waals surface area contributed by atoms with Gasteiger partial charge in [0.15, 0.2) is 0 Å². The van der Waals surface area contributed by atoms with E-state index in [9.17, 15) is 19.4 Å². The second-order valence-corrected chi connectivity index (χ2v) is 13.5. The van der Waals surface area contributed by atoms with Crippen molar-refractivity contribution in [3.8, 4) is 0 Å². The summed E-state index contributed by atoms with van der Waals surface area (Å²) in [6.07, 6.45) is 35.7. The van der Waals surface area contributed by atoms with E-state index in [1.54, 1.807) is 0 Å². The average Bonchev–Trinajstić information content (AvgIpc) is 3.02. The van der Waals surface area contributed by atoms with E-state index >= 15 is 0 Å². The number of carbonyl (C=O) groups excluding carboxylic acids is 1. The molecule has 8 nitrogen and oxygen atoms in total. The molecular formula is C36H69N2O6P. The monoisotopic (exact) mass is 656 g/mol. The summed E-state index contributed by atoms with van der Waals surface area (Å²) in [5.41, 5.74) is 5.35. The van der Waals surface area contributed by atoms with Crippen LogP contribution in [0.1, 0.15) is 155 Å². The van der Waals surface area contributed by atoms with Gasteiger partial charge in [-0.1, -0.05) is 140 Å². The molecular weight excluding hydrogens is 587 g/mol. The molecule has 0 aromatic heterocycles. The zero-order valence-electron chi connectivity index (χ0n) is 28.8. The second kappa shape index (κ2) is 32.7. The van der Waals surface area contributed by atoms with Crippen molar-refractivity contribution in [2.24, 2.45) is 5.73 Å². The molecule has 3 unspecified atom stereocenters. The maximum absolute atomic E-state index is 12.7. The summed E-state index contributed by atoms with van der Waals surface area (Å²) < 4.78 is 22.0. The van der Waals surface area contributed by atoms with Crippen LogP contribution < -0.4 is 11.1 Å². The number of phosphoric ester groups is 1. The predicted molar refractivity (Wildman–Crippen MR) is 189 cm³/mol. The highest BCUT2D eigenvalue weighted by molar-refractivity contribution is 7.47. The number of unbranched alkanes of at least 4 members (excludes halogenated alkanes) is 15. The summed E-state index contributed by atoms with van der Waals surface area (Å²) in [7, 11) is -4.31. The highest BCUT2D eigenvalue weighted by Gasteiger charge is 2.27. The minimum absolute atomic E-state index is 0.0846. The number of phosphoric acid groups is 1. The Morgan fingerprint density at radius 3 is 1.89 bits per heavy atom. The van der Waals surface area contributed by atoms with E-state index in [0.29, 0.717) is 12.8 Å². The first-order valence-electron chi connectivity index (χ1n) is 18.1. The summed E-state index contributed by atoms with van der Waals surface area (Å²) >= 11 is 0. The quantitative estimate of drug-likeness (QED) is 0.0315. The maximum atomic E-state index is 12.7. The first kappa shape index (κ1) is 43.7. The molecule has 45 heavy (non-hydrogen) atoms. The third kappa shape index (κ3) is 31.1. The number of nitrogens with two attached hydrogens (primary N) is 1. The molecule has 0 fully saturated rings. The molecule has 0 saturated heterocycles. The molecule has 0 aromatic rings. The molecule has 0 heterocycles. The van der Waals surface area contributed by atoms with Crippen LogP contribution in [0.5, 0.6) is 0 Å². The average molecular weight is 657 g/mol. The van der Waals surface area contributed by atoms with Crippen LogP contribution in [0, 0.1) is 0 Å². The van der Waals surface area contributed by atoms with Crippen LogP contribution in [0.2, 0.25) is 0 Å². The van der Waals surface area contributed by atoms with Gasteiger partial charge in [-0.15, -0.1) is 0 Å². The van der Waals surface area contributed by atoms with Gasteiger partial charge in [0, 0.05) is 13.0 Å². The van der Waals surface area contributed by atoms with Gasteiger partial charge in [0.1, 0.15) is 0 Å². The maximum Gasteiger partial charge on any atom is 0.472 e. The van der Waals surface area contributed by atoms with Crippen LogP contribution in [0.4, 0.5) is 0 Å². The van der Waals surface area contributed by atoms with E-state index in [4.69, 9.17) is 14.8 Å². The lowest BCUT2D eigenvalue weighted by molar-refractivity contribution is -0.123. The van der Waals surface area contributed by atoms with E-state index in [1.807, 2.05) is 0 Å². The molecule has 1 amide bonds. The largest absolute Gasteiger partial charge is 0.472 e. The lowest BCUT2D eigenvalue weighted by Crippen LogP contribution is -2.46. The number of rotatable bonds is 33. The Hall–Kier alpha value is -1.28. The van der Waals surface area contributed by atoms with Crippen molar-refractivity contribution in [2.45, 2.75) is 167 Å². The number of nitrogens with one attached hydrogen (secondary N) is 1. The number of aliphatic hydroxyl groups is 1. The first-order chi connectivity index (χ1) is 21.9. The lowest BCUT2D eigenvalue weighted by atomic mass is 10.0. The minimum Gasteiger partial charge on any atom is -0.391 e. The minimum atomic E-state index is -4.31. The van der Waals surface area contributed by atoms with Gasteiger partial charge in [0.25, 0.3) is 0 Å². The van der Waals surface area contributed by atoms with E-state index in [2.05, 4.69) is 55.6 Å². The molecule has 0 saturated carbocycles. The Morgan fingerprint density at radius 1 is 0.756 bits per heavy atom. The predicted octanol–water partition coefficient (Wildman–Crippen LogP) is 9.22. The van der Waals surface area contributed by atoms with Gasteiger partial charge >= 0.3 is 7.82 Å². The number of carbonyl (C=O) groups is 1. The molecule has 0 aliphatic rings. The standard InChI is InChI=1S/C36H69N2O6P/c1-3-5-7-9-11-13-15-16-17-18-20-22-24-26-28-30-36(40)38-34(33-44-45(41,42)43-32-31-37)35(39)29-27-25-23-21-19-14-12-10-8-6-4-2/h5,7,11,13,16-17,34-35,39H,3-4,6,8-10,12,14-15,18-33,37H2,1-2H3,(H,38,40)(H,41,42)/b7-5-,13-11-,17-16-. The van der Waals surface area contributed by atoms with Gasteiger partial charge in [0.2, 0.25) is 5.91 Å². The molecule has 0 bridgehead atoms. The van der Waals surface area contributed by atoms with Crippen molar-refractivity contribution in [1.82, 2.24) is 5.32 Å². The summed E-state index contributed by atoms with van der Waals surface area (Å²) in [5, 5.41) is 13.7. The van der Waals surface area contributed by atoms with E-state index in [-0.39, 0.29) is 25.7 Å². The van der Waals surface area contributed by atoms with Crippen LogP contribution >= 0.6 is 7.82 Å². The molecule has 0 aliphatic carbocycles. The van der Waals surface area contributed by atoms with Gasteiger partial charge in [-0.25, -0.2) is 4.57 Å². The van der Waals surface area contributed by atoms with Crippen molar-refractivity contribution in [2.75, 3.05) is 19.8 Å². The molecule has 0 spiro atoms. The van der Waals surface area contributed by atoms with Crippen molar-refractivity contribution in [3.05, 3.63) is 36.5 Å². The Kier molecular flexibility index (Phi) is 31.7. The Bertz CT molecular complexity index is 804. The summed E-state index contributed by atoms with van der Waals surface area (Å²) in [4.78, 5) is 22.6. The molecule has 3 atom stereocenters. The van der Waals surface area contributed by atoms with Crippen LogP contribution in [-0.2, 0) is 18.4 Å². The third-order valence-corrected chi connectivity index (χ3v) is 8.74. The van der Waals surface area contributed by atoms with Gasteiger partial charge in [-0.05, 0) is 44.9 Å². The van der Waals surface area contributed by atoms with Crippen LogP contribution in [0.15, 0.2) is 36.5 Å². The van der Waals surface area contributed by atoms with Crippen LogP contribution in [-0.4, -0.2) is 47.8 Å². The Morgan fingerprint density at radius 2 is 1.29 bits per heavy atom. The topological polar surface area (TPSA) is 131 Å². The van der Waals surface area contributed by atoms with Gasteiger partial charge < -0.3 is 21.1 Å². The van der Waals surface area contributed by atoms with Crippen molar-refractivity contribution in [1.29, 1.82) is 0 Å². The highest BCUT2D eigenvalue weighted by atomic mass is 31.2. The lowest BCUT2D eigenvalue weighted by Gasteiger charge is -2.25. The van der Waals surface area contributed by atoms with Crippen LogP contribution in [0.25, 0.3) is 0 Å². The normalized spacial score (nSPS) is 14.9. The zero-order chi connectivity index (χ0) is 33.3. The smallest absolute Gasteiger partial charge is 0.391 e. The van der Waals surface area contributed by atoms with E-state index in [1.165, 1.54) is 51.4 Å². The number of aliphatic hydroxyl groups excluding tert-OH is 1. The molecule has 264 valence electrons. The third-order valence-electron chi connectivity index (χ3n) is 7.76. The zero-order valence-corrected chi connectivity index (χ0v) is 29.7. The van der Waals surface area contributed by atoms with Gasteiger partial charge in [-0.2, -0.15) is 0 Å². The van der Waals surface area contributed by atoms with Crippen molar-refractivity contribution < 1.29 is 28.4 Å². The molecule has 0 rings (SSSR count). The SMILES string of the molecule is CC/C=C\C/C=C\C/C=C\CCCCCCCC(=O)NC(COP(=O)(O)OCCN)C(O)CCCCCCCCCCCCC. The fourth-order valence-corrected chi connectivity index (χ4v) is 5.79. The molecule has 0 aromatic carbocycles. The summed E-state index contributed by atoms with van der Waals surface area (Å²) in [6, 6.07) is -0.781. The summed E-state index contributed by atoms with van der Waals surface area (Å²) in [5.74, 6) is -0.182. The van der Waals surface area contributed by atoms with E-state index < -0.39 is 20.0 Å². The molecule has 0 radical (unpaired) electrons. The van der Waals surface area contributed by atoms with Crippen LogP contribution in [0.3, 0.4) is 0 Å². The Labute approximate surface area is 276 Å². The van der Waals surface area contributed by atoms with Gasteiger partial charge in [-0.3, -0.25) is 13.8 Å². The van der Waals surface area contributed by atoms with Gasteiger partial charge in [0.05, 0.1) is 25.4 Å².